The fourth-order valence-corrected chi connectivity index (χ4v) is 4.15. The Morgan fingerprint density at radius 2 is 1.89 bits per heavy atom. The molecule has 0 fully saturated rings. The Bertz CT molecular complexity index is 1180. The van der Waals surface area contributed by atoms with Crippen LogP contribution < -0.4 is 10.9 Å². The molecule has 7 heteroatoms. The number of rotatable bonds is 2. The van der Waals surface area contributed by atoms with Gasteiger partial charge in [0.25, 0.3) is 5.56 Å². The highest BCUT2D eigenvalue weighted by molar-refractivity contribution is 7.98. The first-order valence-corrected chi connectivity index (χ1v) is 9.65. The number of aromatic nitrogens is 3. The number of allylic oxidation sites excluding steroid dienone is 1. The first kappa shape index (κ1) is 16.0. The molecule has 6 nitrogen and oxygen atoms in total. The second-order valence-corrected chi connectivity index (χ2v) is 7.14. The minimum atomic E-state index is -0.517. The standard InChI is InChI=1S/C20H14N4O2S/c1-27-20-23-18-15(19(26)24-20)13(10-5-4-8-21-9-10)14-16(22-18)11-6-2-3-7-12(11)17(14)25/h2-9,13H,1H3,(H2,22,23,24,26)/t13-/m1/s1. The van der Waals surface area contributed by atoms with E-state index in [0.29, 0.717) is 27.7 Å². The average Bonchev–Trinajstić information content (AvgIpc) is 2.99. The van der Waals surface area contributed by atoms with Gasteiger partial charge < -0.3 is 10.3 Å². The van der Waals surface area contributed by atoms with E-state index in [-0.39, 0.29) is 11.3 Å². The third kappa shape index (κ3) is 2.28. The Hall–Kier alpha value is -3.19. The second kappa shape index (κ2) is 5.92. The quantitative estimate of drug-likeness (QED) is 0.529. The molecule has 0 spiro atoms. The summed E-state index contributed by atoms with van der Waals surface area (Å²) in [7, 11) is 0. The molecule has 1 aromatic carbocycles. The summed E-state index contributed by atoms with van der Waals surface area (Å²) in [6, 6.07) is 11.2. The number of nitrogens with zero attached hydrogens (tertiary/aromatic N) is 2. The molecule has 132 valence electrons. The van der Waals surface area contributed by atoms with E-state index in [1.807, 2.05) is 42.7 Å². The number of fused-ring (bicyclic) bond motifs is 3. The molecule has 3 aromatic rings. The van der Waals surface area contributed by atoms with Crippen molar-refractivity contribution in [2.24, 2.45) is 0 Å². The maximum Gasteiger partial charge on any atom is 0.257 e. The molecule has 5 rings (SSSR count). The number of hydrogen-bond donors (Lipinski definition) is 2. The van der Waals surface area contributed by atoms with Crippen molar-refractivity contribution in [2.45, 2.75) is 11.1 Å². The third-order valence-electron chi connectivity index (χ3n) is 4.92. The van der Waals surface area contributed by atoms with Gasteiger partial charge in [-0.25, -0.2) is 4.98 Å². The van der Waals surface area contributed by atoms with Crippen LogP contribution in [-0.4, -0.2) is 27.0 Å². The minimum Gasteiger partial charge on any atom is -0.339 e. The Balaban J connectivity index is 1.82. The number of ketones is 1. The second-order valence-electron chi connectivity index (χ2n) is 6.35. The zero-order valence-corrected chi connectivity index (χ0v) is 15.1. The zero-order chi connectivity index (χ0) is 18.5. The van der Waals surface area contributed by atoms with Gasteiger partial charge in [-0.2, -0.15) is 0 Å². The van der Waals surface area contributed by atoms with Gasteiger partial charge in [0.15, 0.2) is 10.9 Å². The van der Waals surface area contributed by atoms with Crippen LogP contribution in [0.3, 0.4) is 0 Å². The molecule has 0 radical (unpaired) electrons. The number of carbonyl (C=O) groups is 1. The molecule has 0 unspecified atom stereocenters. The molecule has 1 aliphatic carbocycles. The smallest absolute Gasteiger partial charge is 0.257 e. The van der Waals surface area contributed by atoms with Crippen LogP contribution >= 0.6 is 11.8 Å². The van der Waals surface area contributed by atoms with Crippen molar-refractivity contribution in [1.82, 2.24) is 15.0 Å². The van der Waals surface area contributed by atoms with Gasteiger partial charge in [0, 0.05) is 29.1 Å². The van der Waals surface area contributed by atoms with Crippen LogP contribution in [-0.2, 0) is 0 Å². The molecule has 1 atom stereocenters. The predicted molar refractivity (Wildman–Crippen MR) is 104 cm³/mol. The molecule has 2 aliphatic rings. The Morgan fingerprint density at radius 3 is 2.63 bits per heavy atom. The molecule has 27 heavy (non-hydrogen) atoms. The predicted octanol–water partition coefficient (Wildman–Crippen LogP) is 3.05. The lowest BCUT2D eigenvalue weighted by Gasteiger charge is -2.27. The van der Waals surface area contributed by atoms with Crippen LogP contribution in [0.4, 0.5) is 5.82 Å². The fraction of sp³-hybridized carbons (Fsp3) is 0.100. The molecule has 1 aliphatic heterocycles. The molecular formula is C20H14N4O2S. The highest BCUT2D eigenvalue weighted by Gasteiger charge is 2.42. The first-order chi connectivity index (χ1) is 13.2. The van der Waals surface area contributed by atoms with Gasteiger partial charge in [0.05, 0.1) is 17.2 Å². The number of H-pyrrole nitrogens is 1. The van der Waals surface area contributed by atoms with Crippen LogP contribution in [0.5, 0.6) is 0 Å². The Labute approximate surface area is 158 Å². The van der Waals surface area contributed by atoms with E-state index in [9.17, 15) is 9.59 Å². The lowest BCUT2D eigenvalue weighted by atomic mass is 9.82. The fourth-order valence-electron chi connectivity index (χ4n) is 3.78. The van der Waals surface area contributed by atoms with Crippen LogP contribution in [0.1, 0.15) is 33.0 Å². The van der Waals surface area contributed by atoms with Crippen molar-refractivity contribution < 1.29 is 4.79 Å². The van der Waals surface area contributed by atoms with Crippen molar-refractivity contribution in [3.05, 3.63) is 87.0 Å². The highest BCUT2D eigenvalue weighted by atomic mass is 32.2. The maximum atomic E-state index is 13.2. The highest BCUT2D eigenvalue weighted by Crippen LogP contribution is 2.47. The lowest BCUT2D eigenvalue weighted by Crippen LogP contribution is -2.28. The van der Waals surface area contributed by atoms with Gasteiger partial charge in [-0.1, -0.05) is 42.1 Å². The summed E-state index contributed by atoms with van der Waals surface area (Å²) in [6.07, 6.45) is 5.22. The Kier molecular flexibility index (Phi) is 3.51. The summed E-state index contributed by atoms with van der Waals surface area (Å²) < 4.78 is 0. The van der Waals surface area contributed by atoms with E-state index in [0.717, 1.165) is 16.8 Å². The normalized spacial score (nSPS) is 17.2. The summed E-state index contributed by atoms with van der Waals surface area (Å²) in [5.74, 6) is -0.0989. The zero-order valence-electron chi connectivity index (χ0n) is 14.3. The van der Waals surface area contributed by atoms with Crippen LogP contribution in [0.15, 0.2) is 64.3 Å². The first-order valence-electron chi connectivity index (χ1n) is 8.42. The summed E-state index contributed by atoms with van der Waals surface area (Å²) >= 11 is 1.36. The topological polar surface area (TPSA) is 87.7 Å². The van der Waals surface area contributed by atoms with E-state index in [1.54, 1.807) is 12.4 Å². The third-order valence-corrected chi connectivity index (χ3v) is 5.50. The molecule has 0 saturated heterocycles. The number of nitrogens with one attached hydrogen (secondary N) is 2. The monoisotopic (exact) mass is 374 g/mol. The summed E-state index contributed by atoms with van der Waals surface area (Å²) in [5, 5.41) is 3.78. The minimum absolute atomic E-state index is 0.0686. The van der Waals surface area contributed by atoms with Crippen LogP contribution in [0.25, 0.3) is 5.70 Å². The van der Waals surface area contributed by atoms with E-state index in [2.05, 4.69) is 20.3 Å². The van der Waals surface area contributed by atoms with Gasteiger partial charge in [-0.05, 0) is 17.9 Å². The largest absolute Gasteiger partial charge is 0.339 e. The molecule has 0 bridgehead atoms. The van der Waals surface area contributed by atoms with Crippen LogP contribution in [0, 0.1) is 0 Å². The number of hydrogen-bond acceptors (Lipinski definition) is 6. The van der Waals surface area contributed by atoms with E-state index >= 15 is 0 Å². The van der Waals surface area contributed by atoms with E-state index in [4.69, 9.17) is 0 Å². The molecule has 0 saturated carbocycles. The van der Waals surface area contributed by atoms with Crippen LogP contribution in [0.2, 0.25) is 0 Å². The maximum absolute atomic E-state index is 13.2. The summed E-state index contributed by atoms with van der Waals surface area (Å²) in [6.45, 7) is 0. The van der Waals surface area contributed by atoms with Gasteiger partial charge >= 0.3 is 0 Å². The Morgan fingerprint density at radius 1 is 1.07 bits per heavy atom. The van der Waals surface area contributed by atoms with E-state index in [1.165, 1.54) is 11.8 Å². The number of carbonyl (C=O) groups excluding carboxylic acids is 1. The number of anilines is 1. The summed E-state index contributed by atoms with van der Waals surface area (Å²) in [4.78, 5) is 37.6. The number of benzene rings is 1. The number of aromatic amines is 1. The van der Waals surface area contributed by atoms with Crippen molar-refractivity contribution in [3.63, 3.8) is 0 Å². The van der Waals surface area contributed by atoms with Crippen molar-refractivity contribution in [2.75, 3.05) is 11.6 Å². The molecular weight excluding hydrogens is 360 g/mol. The van der Waals surface area contributed by atoms with E-state index < -0.39 is 5.92 Å². The van der Waals surface area contributed by atoms with Crippen molar-refractivity contribution in [1.29, 1.82) is 0 Å². The molecule has 2 N–H and O–H groups in total. The number of Topliss-reactive ketones (excluding diaryl/α,β-unsaturated/α-hetero) is 1. The van der Waals surface area contributed by atoms with Crippen molar-refractivity contribution in [3.8, 4) is 0 Å². The van der Waals surface area contributed by atoms with Gasteiger partial charge in [-0.3, -0.25) is 14.6 Å². The number of pyridine rings is 1. The average molecular weight is 374 g/mol. The van der Waals surface area contributed by atoms with Gasteiger partial charge in [0.1, 0.15) is 5.82 Å². The number of thioether (sulfide) groups is 1. The lowest BCUT2D eigenvalue weighted by molar-refractivity contribution is 0.103. The molecule has 2 aromatic heterocycles. The molecule has 3 heterocycles. The SMILES string of the molecule is CSc1nc2c(c(=O)[nH]1)[C@H](c1cccnc1)C1=C(N2)c2ccccc2C1=O. The summed E-state index contributed by atoms with van der Waals surface area (Å²) in [5.41, 5.74) is 3.76. The van der Waals surface area contributed by atoms with Crippen molar-refractivity contribution >= 4 is 29.1 Å². The molecule has 0 amide bonds. The van der Waals surface area contributed by atoms with Gasteiger partial charge in [0.2, 0.25) is 0 Å². The van der Waals surface area contributed by atoms with Gasteiger partial charge in [-0.15, -0.1) is 0 Å².